The second kappa shape index (κ2) is 13.3. The maximum atomic E-state index is 13.8. The van der Waals surface area contributed by atoms with Crippen LogP contribution in [0, 0.1) is 0 Å². The monoisotopic (exact) mass is 555 g/mol. The molecule has 1 atom stereocenters. The molecule has 2 aromatic rings. The average molecular weight is 557 g/mol. The molecule has 0 aliphatic rings. The average Bonchev–Trinajstić information content (AvgIpc) is 2.81. The van der Waals surface area contributed by atoms with Crippen molar-refractivity contribution < 1.29 is 18.0 Å². The van der Waals surface area contributed by atoms with Crippen molar-refractivity contribution in [2.75, 3.05) is 23.7 Å². The topological polar surface area (TPSA) is 86.8 Å². The van der Waals surface area contributed by atoms with Gasteiger partial charge in [-0.2, -0.15) is 0 Å². The molecule has 0 unspecified atom stereocenters. The zero-order valence-corrected chi connectivity index (χ0v) is 23.8. The van der Waals surface area contributed by atoms with Gasteiger partial charge in [-0.05, 0) is 48.1 Å². The molecular weight excluding hydrogens is 521 g/mol. The Kier molecular flexibility index (Phi) is 11.1. The number of nitrogens with zero attached hydrogens (tertiary/aromatic N) is 2. The van der Waals surface area contributed by atoms with Gasteiger partial charge in [0.05, 0.1) is 11.9 Å². The molecule has 2 rings (SSSR count). The van der Waals surface area contributed by atoms with Gasteiger partial charge in [-0.15, -0.1) is 0 Å². The molecule has 0 radical (unpaired) electrons. The lowest BCUT2D eigenvalue weighted by atomic mass is 10.0. The zero-order chi connectivity index (χ0) is 27.0. The number of hydrogen-bond acceptors (Lipinski definition) is 4. The van der Waals surface area contributed by atoms with Crippen LogP contribution in [0.15, 0.2) is 42.5 Å². The van der Waals surface area contributed by atoms with Gasteiger partial charge in [0.25, 0.3) is 0 Å². The highest BCUT2D eigenvalue weighted by Gasteiger charge is 2.32. The normalized spacial score (nSPS) is 12.3. The predicted octanol–water partition coefficient (Wildman–Crippen LogP) is 5.22. The standard InChI is InChI=1S/C26H35Cl2N3O4S/c1-6-14-29-26(33)23(7-2)30(16-19-12-13-20(27)15-22(19)28)25(32)17-31(36(5,34)35)24-11-9-8-10-21(24)18(3)4/h8-13,15,18,23H,6-7,14,16-17H2,1-5H3,(H,29,33)/t23-/m1/s1. The minimum absolute atomic E-state index is 0.0241. The van der Waals surface area contributed by atoms with Crippen molar-refractivity contribution in [3.63, 3.8) is 0 Å². The van der Waals surface area contributed by atoms with Gasteiger partial charge < -0.3 is 10.2 Å². The minimum Gasteiger partial charge on any atom is -0.354 e. The van der Waals surface area contributed by atoms with Crippen LogP contribution in [0.2, 0.25) is 10.0 Å². The van der Waals surface area contributed by atoms with E-state index < -0.39 is 28.5 Å². The fraction of sp³-hybridized carbons (Fsp3) is 0.462. The number of para-hydroxylation sites is 1. The zero-order valence-electron chi connectivity index (χ0n) is 21.4. The van der Waals surface area contributed by atoms with Crippen LogP contribution in [-0.4, -0.2) is 50.5 Å². The number of rotatable bonds is 12. The lowest BCUT2D eigenvalue weighted by Crippen LogP contribution is -2.52. The van der Waals surface area contributed by atoms with Crippen LogP contribution in [0.3, 0.4) is 0 Å². The third-order valence-corrected chi connectivity index (χ3v) is 7.51. The molecule has 7 nitrogen and oxygen atoms in total. The summed E-state index contributed by atoms with van der Waals surface area (Å²) in [5, 5.41) is 3.65. The van der Waals surface area contributed by atoms with Crippen LogP contribution < -0.4 is 9.62 Å². The lowest BCUT2D eigenvalue weighted by Gasteiger charge is -2.33. The lowest BCUT2D eigenvalue weighted by molar-refractivity contribution is -0.140. The maximum Gasteiger partial charge on any atom is 0.244 e. The van der Waals surface area contributed by atoms with Gasteiger partial charge in [0, 0.05) is 23.1 Å². The van der Waals surface area contributed by atoms with E-state index in [9.17, 15) is 18.0 Å². The molecule has 0 aromatic heterocycles. The summed E-state index contributed by atoms with van der Waals surface area (Å²) in [4.78, 5) is 28.2. The summed E-state index contributed by atoms with van der Waals surface area (Å²) < 4.78 is 26.8. The van der Waals surface area contributed by atoms with Crippen molar-refractivity contribution in [3.8, 4) is 0 Å². The van der Waals surface area contributed by atoms with Crippen LogP contribution in [0.25, 0.3) is 0 Å². The summed E-state index contributed by atoms with van der Waals surface area (Å²) in [6, 6.07) is 11.2. The minimum atomic E-state index is -3.81. The van der Waals surface area contributed by atoms with Crippen molar-refractivity contribution >= 4 is 50.7 Å². The first-order valence-corrected chi connectivity index (χ1v) is 14.6. The van der Waals surface area contributed by atoms with Crippen molar-refractivity contribution in [1.82, 2.24) is 10.2 Å². The van der Waals surface area contributed by atoms with E-state index in [2.05, 4.69) is 5.32 Å². The molecule has 0 bridgehead atoms. The number of benzene rings is 2. The number of halogens is 2. The fourth-order valence-corrected chi connectivity index (χ4v) is 5.25. The first-order valence-electron chi connectivity index (χ1n) is 12.0. The molecule has 198 valence electrons. The Labute approximate surface area is 224 Å². The number of anilines is 1. The van der Waals surface area contributed by atoms with E-state index in [0.717, 1.165) is 22.5 Å². The van der Waals surface area contributed by atoms with Gasteiger partial charge in [0.15, 0.2) is 0 Å². The Hall–Kier alpha value is -2.29. The van der Waals surface area contributed by atoms with Crippen LogP contribution in [-0.2, 0) is 26.2 Å². The maximum absolute atomic E-state index is 13.8. The highest BCUT2D eigenvalue weighted by atomic mass is 35.5. The van der Waals surface area contributed by atoms with Crippen LogP contribution in [0.5, 0.6) is 0 Å². The van der Waals surface area contributed by atoms with E-state index in [1.54, 1.807) is 30.3 Å². The summed E-state index contributed by atoms with van der Waals surface area (Å²) in [6.07, 6.45) is 2.16. The Morgan fingerprint density at radius 3 is 2.28 bits per heavy atom. The molecule has 0 aliphatic carbocycles. The molecule has 36 heavy (non-hydrogen) atoms. The highest BCUT2D eigenvalue weighted by molar-refractivity contribution is 7.92. The quantitative estimate of drug-likeness (QED) is 0.389. The Bertz CT molecular complexity index is 1170. The van der Waals surface area contributed by atoms with E-state index >= 15 is 0 Å². The number of carbonyl (C=O) groups excluding carboxylic acids is 2. The first kappa shape index (κ1) is 29.9. The molecule has 0 saturated carbocycles. The molecule has 2 aromatic carbocycles. The van der Waals surface area contributed by atoms with E-state index in [-0.39, 0.29) is 18.4 Å². The number of hydrogen-bond donors (Lipinski definition) is 1. The number of carbonyl (C=O) groups is 2. The van der Waals surface area contributed by atoms with Crippen LogP contribution in [0.4, 0.5) is 5.69 Å². The smallest absolute Gasteiger partial charge is 0.244 e. The molecule has 0 saturated heterocycles. The third kappa shape index (κ3) is 7.85. The summed E-state index contributed by atoms with van der Waals surface area (Å²) in [5.41, 5.74) is 1.84. The van der Waals surface area contributed by atoms with Crippen molar-refractivity contribution in [1.29, 1.82) is 0 Å². The summed E-state index contributed by atoms with van der Waals surface area (Å²) in [5.74, 6) is -0.775. The Balaban J connectivity index is 2.52. The third-order valence-electron chi connectivity index (χ3n) is 5.80. The van der Waals surface area contributed by atoms with Gasteiger partial charge in [-0.3, -0.25) is 13.9 Å². The van der Waals surface area contributed by atoms with Crippen LogP contribution >= 0.6 is 23.2 Å². The van der Waals surface area contributed by atoms with Crippen molar-refractivity contribution in [2.45, 2.75) is 59.0 Å². The molecule has 0 fully saturated rings. The molecule has 2 amide bonds. The number of nitrogens with one attached hydrogen (secondary N) is 1. The summed E-state index contributed by atoms with van der Waals surface area (Å²) in [6.45, 7) is 7.70. The Morgan fingerprint density at radius 2 is 1.72 bits per heavy atom. The Morgan fingerprint density at radius 1 is 1.06 bits per heavy atom. The fourth-order valence-electron chi connectivity index (χ4n) is 3.92. The van der Waals surface area contributed by atoms with E-state index in [1.165, 1.54) is 4.90 Å². The number of amides is 2. The first-order chi connectivity index (χ1) is 16.9. The number of sulfonamides is 1. The largest absolute Gasteiger partial charge is 0.354 e. The molecule has 0 heterocycles. The van der Waals surface area contributed by atoms with E-state index in [1.807, 2.05) is 39.8 Å². The summed E-state index contributed by atoms with van der Waals surface area (Å²) in [7, 11) is -3.81. The van der Waals surface area contributed by atoms with Gasteiger partial charge in [-0.25, -0.2) is 8.42 Å². The molecule has 10 heteroatoms. The van der Waals surface area contributed by atoms with Crippen molar-refractivity contribution in [3.05, 3.63) is 63.6 Å². The summed E-state index contributed by atoms with van der Waals surface area (Å²) >= 11 is 12.4. The van der Waals surface area contributed by atoms with Crippen LogP contribution in [0.1, 0.15) is 57.6 Å². The molecule has 0 aliphatic heterocycles. The van der Waals surface area contributed by atoms with Gasteiger partial charge in [-0.1, -0.05) is 75.2 Å². The molecule has 0 spiro atoms. The predicted molar refractivity (Wildman–Crippen MR) is 147 cm³/mol. The van der Waals surface area contributed by atoms with Gasteiger partial charge in [0.2, 0.25) is 21.8 Å². The second-order valence-corrected chi connectivity index (χ2v) is 11.7. The van der Waals surface area contributed by atoms with Gasteiger partial charge in [0.1, 0.15) is 12.6 Å². The van der Waals surface area contributed by atoms with E-state index in [0.29, 0.717) is 34.3 Å². The molecular formula is C26H35Cl2N3O4S. The molecule has 1 N–H and O–H groups in total. The SMILES string of the molecule is CCCNC(=O)[C@@H](CC)N(Cc1ccc(Cl)cc1Cl)C(=O)CN(c1ccccc1C(C)C)S(C)(=O)=O. The second-order valence-electron chi connectivity index (χ2n) is 8.96. The van der Waals surface area contributed by atoms with E-state index in [4.69, 9.17) is 23.2 Å². The van der Waals surface area contributed by atoms with Crippen molar-refractivity contribution in [2.24, 2.45) is 0 Å². The highest BCUT2D eigenvalue weighted by Crippen LogP contribution is 2.30. The van der Waals surface area contributed by atoms with Gasteiger partial charge >= 0.3 is 0 Å².